The Bertz CT molecular complexity index is 301. The van der Waals surface area contributed by atoms with Crippen molar-refractivity contribution < 1.29 is 9.84 Å². The number of ether oxygens (including phenoxy) is 1. The van der Waals surface area contributed by atoms with E-state index in [0.717, 1.165) is 11.3 Å². The first-order valence-electron chi connectivity index (χ1n) is 4.43. The molecule has 0 aliphatic carbocycles. The number of hydrogen-bond acceptors (Lipinski definition) is 3. The van der Waals surface area contributed by atoms with E-state index in [9.17, 15) is 5.11 Å². The number of fused-ring (bicyclic) bond motifs is 1. The Hall–Kier alpha value is -1.06. The SMILES string of the molecule is NC[C@H](O)[C@H]1COc2ccccc21. The van der Waals surface area contributed by atoms with Crippen molar-refractivity contribution in [3.05, 3.63) is 29.8 Å². The van der Waals surface area contributed by atoms with Crippen LogP contribution in [-0.2, 0) is 0 Å². The Morgan fingerprint density at radius 1 is 1.54 bits per heavy atom. The van der Waals surface area contributed by atoms with E-state index in [4.69, 9.17) is 10.5 Å². The van der Waals surface area contributed by atoms with Crippen molar-refractivity contribution in [3.8, 4) is 5.75 Å². The monoisotopic (exact) mass is 179 g/mol. The molecule has 0 unspecified atom stereocenters. The summed E-state index contributed by atoms with van der Waals surface area (Å²) in [5.74, 6) is 0.918. The van der Waals surface area contributed by atoms with Crippen LogP contribution in [0.2, 0.25) is 0 Å². The minimum absolute atomic E-state index is 0.0428. The van der Waals surface area contributed by atoms with Gasteiger partial charge in [-0.25, -0.2) is 0 Å². The van der Waals surface area contributed by atoms with Gasteiger partial charge in [-0.3, -0.25) is 0 Å². The summed E-state index contributed by atoms with van der Waals surface area (Å²) in [6.07, 6.45) is -0.497. The van der Waals surface area contributed by atoms with Crippen molar-refractivity contribution in [2.75, 3.05) is 13.2 Å². The predicted octanol–water partition coefficient (Wildman–Crippen LogP) is 0.482. The van der Waals surface area contributed by atoms with Gasteiger partial charge in [-0.2, -0.15) is 0 Å². The van der Waals surface area contributed by atoms with Gasteiger partial charge in [-0.15, -0.1) is 0 Å². The zero-order valence-corrected chi connectivity index (χ0v) is 7.31. The number of rotatable bonds is 2. The minimum Gasteiger partial charge on any atom is -0.493 e. The van der Waals surface area contributed by atoms with Crippen LogP contribution < -0.4 is 10.5 Å². The maximum Gasteiger partial charge on any atom is 0.123 e. The molecule has 0 radical (unpaired) electrons. The zero-order valence-electron chi connectivity index (χ0n) is 7.31. The van der Waals surface area contributed by atoms with Crippen molar-refractivity contribution in [3.63, 3.8) is 0 Å². The summed E-state index contributed by atoms with van der Waals surface area (Å²) in [6, 6.07) is 7.77. The summed E-state index contributed by atoms with van der Waals surface area (Å²) in [7, 11) is 0. The fourth-order valence-electron chi connectivity index (χ4n) is 1.67. The van der Waals surface area contributed by atoms with Crippen LogP contribution >= 0.6 is 0 Å². The van der Waals surface area contributed by atoms with Crippen LogP contribution in [-0.4, -0.2) is 24.4 Å². The fourth-order valence-corrected chi connectivity index (χ4v) is 1.67. The van der Waals surface area contributed by atoms with Gasteiger partial charge in [0.15, 0.2) is 0 Å². The Morgan fingerprint density at radius 3 is 3.08 bits per heavy atom. The van der Waals surface area contributed by atoms with Gasteiger partial charge < -0.3 is 15.6 Å². The normalized spacial score (nSPS) is 22.2. The molecule has 13 heavy (non-hydrogen) atoms. The number of hydrogen-bond donors (Lipinski definition) is 2. The maximum atomic E-state index is 9.60. The molecule has 0 aromatic heterocycles. The van der Waals surface area contributed by atoms with Gasteiger partial charge in [0.05, 0.1) is 12.7 Å². The second kappa shape index (κ2) is 3.36. The largest absolute Gasteiger partial charge is 0.493 e. The molecule has 1 aliphatic heterocycles. The van der Waals surface area contributed by atoms with E-state index in [0.29, 0.717) is 6.61 Å². The van der Waals surface area contributed by atoms with Gasteiger partial charge >= 0.3 is 0 Å². The topological polar surface area (TPSA) is 55.5 Å². The highest BCUT2D eigenvalue weighted by molar-refractivity contribution is 5.40. The molecule has 0 bridgehead atoms. The standard InChI is InChI=1S/C10H13NO2/c11-5-9(12)8-6-13-10-4-2-1-3-7(8)10/h1-4,8-9,12H,5-6,11H2/t8-,9-/m0/s1. The lowest BCUT2D eigenvalue weighted by Gasteiger charge is -2.14. The van der Waals surface area contributed by atoms with Gasteiger partial charge in [0, 0.05) is 18.0 Å². The average Bonchev–Trinajstić information content (AvgIpc) is 2.60. The Balaban J connectivity index is 2.28. The molecule has 1 heterocycles. The third-order valence-electron chi connectivity index (χ3n) is 2.44. The van der Waals surface area contributed by atoms with Gasteiger partial charge in [0.2, 0.25) is 0 Å². The van der Waals surface area contributed by atoms with E-state index >= 15 is 0 Å². The molecule has 0 spiro atoms. The van der Waals surface area contributed by atoms with E-state index in [1.807, 2.05) is 24.3 Å². The van der Waals surface area contributed by atoms with Crippen LogP contribution in [0.4, 0.5) is 0 Å². The highest BCUT2D eigenvalue weighted by Gasteiger charge is 2.28. The van der Waals surface area contributed by atoms with Crippen molar-refractivity contribution in [2.45, 2.75) is 12.0 Å². The third kappa shape index (κ3) is 1.41. The number of aliphatic hydroxyl groups excluding tert-OH is 1. The molecule has 0 fully saturated rings. The number of benzene rings is 1. The molecule has 2 rings (SSSR count). The molecular weight excluding hydrogens is 166 g/mol. The van der Waals surface area contributed by atoms with Crippen molar-refractivity contribution >= 4 is 0 Å². The molecule has 0 saturated carbocycles. The first kappa shape index (κ1) is 8.53. The molecule has 1 aromatic carbocycles. The molecule has 1 aliphatic rings. The van der Waals surface area contributed by atoms with Crippen LogP contribution in [0.5, 0.6) is 5.75 Å². The van der Waals surface area contributed by atoms with E-state index in [1.54, 1.807) is 0 Å². The molecule has 0 saturated heterocycles. The molecule has 3 nitrogen and oxygen atoms in total. The molecule has 70 valence electrons. The predicted molar refractivity (Wildman–Crippen MR) is 49.7 cm³/mol. The Kier molecular flexibility index (Phi) is 2.20. The Morgan fingerprint density at radius 2 is 2.31 bits per heavy atom. The third-order valence-corrected chi connectivity index (χ3v) is 2.44. The average molecular weight is 179 g/mol. The first-order chi connectivity index (χ1) is 6.33. The van der Waals surface area contributed by atoms with Crippen molar-refractivity contribution in [1.82, 2.24) is 0 Å². The maximum absolute atomic E-state index is 9.60. The highest BCUT2D eigenvalue weighted by Crippen LogP contribution is 2.35. The second-order valence-corrected chi connectivity index (χ2v) is 3.26. The van der Waals surface area contributed by atoms with E-state index in [1.165, 1.54) is 0 Å². The molecule has 3 N–H and O–H groups in total. The summed E-state index contributed by atoms with van der Waals surface area (Å²) in [5, 5.41) is 9.60. The lowest BCUT2D eigenvalue weighted by Crippen LogP contribution is -2.28. The molecule has 2 atom stereocenters. The zero-order chi connectivity index (χ0) is 9.26. The summed E-state index contributed by atoms with van der Waals surface area (Å²) in [5.41, 5.74) is 6.47. The lowest BCUT2D eigenvalue weighted by molar-refractivity contribution is 0.136. The smallest absolute Gasteiger partial charge is 0.123 e. The van der Waals surface area contributed by atoms with E-state index in [2.05, 4.69) is 0 Å². The summed E-state index contributed by atoms with van der Waals surface area (Å²) >= 11 is 0. The van der Waals surface area contributed by atoms with Gasteiger partial charge in [-0.05, 0) is 6.07 Å². The summed E-state index contributed by atoms with van der Waals surface area (Å²) < 4.78 is 5.42. The second-order valence-electron chi connectivity index (χ2n) is 3.26. The molecule has 1 aromatic rings. The van der Waals surface area contributed by atoms with Crippen molar-refractivity contribution in [1.29, 1.82) is 0 Å². The summed E-state index contributed by atoms with van der Waals surface area (Å²) in [6.45, 7) is 0.820. The van der Waals surface area contributed by atoms with Crippen LogP contribution in [0.25, 0.3) is 0 Å². The fraction of sp³-hybridized carbons (Fsp3) is 0.400. The molecule has 3 heteroatoms. The van der Waals surface area contributed by atoms with Crippen LogP contribution in [0, 0.1) is 0 Å². The summed E-state index contributed by atoms with van der Waals surface area (Å²) in [4.78, 5) is 0. The first-order valence-corrected chi connectivity index (χ1v) is 4.43. The number of para-hydroxylation sites is 1. The van der Waals surface area contributed by atoms with Gasteiger partial charge in [0.25, 0.3) is 0 Å². The van der Waals surface area contributed by atoms with Crippen LogP contribution in [0.3, 0.4) is 0 Å². The van der Waals surface area contributed by atoms with Crippen LogP contribution in [0.15, 0.2) is 24.3 Å². The van der Waals surface area contributed by atoms with Crippen LogP contribution in [0.1, 0.15) is 11.5 Å². The van der Waals surface area contributed by atoms with Gasteiger partial charge in [-0.1, -0.05) is 18.2 Å². The molecular formula is C10H13NO2. The lowest BCUT2D eigenvalue weighted by atomic mass is 9.96. The van der Waals surface area contributed by atoms with Crippen molar-refractivity contribution in [2.24, 2.45) is 5.73 Å². The number of aliphatic hydroxyl groups is 1. The Labute approximate surface area is 77.1 Å². The minimum atomic E-state index is -0.497. The van der Waals surface area contributed by atoms with E-state index < -0.39 is 6.10 Å². The highest BCUT2D eigenvalue weighted by atomic mass is 16.5. The van der Waals surface area contributed by atoms with E-state index in [-0.39, 0.29) is 12.5 Å². The quantitative estimate of drug-likeness (QED) is 0.694. The van der Waals surface area contributed by atoms with Gasteiger partial charge in [0.1, 0.15) is 5.75 Å². The molecule has 0 amide bonds. The number of nitrogens with two attached hydrogens (primary N) is 1.